The number of nitrogens with two attached hydrogens (primary N) is 1. The van der Waals surface area contributed by atoms with Crippen molar-refractivity contribution in [1.29, 1.82) is 0 Å². The summed E-state index contributed by atoms with van der Waals surface area (Å²) in [7, 11) is 0. The van der Waals surface area contributed by atoms with Crippen molar-refractivity contribution in [2.75, 3.05) is 13.1 Å². The van der Waals surface area contributed by atoms with Crippen molar-refractivity contribution < 1.29 is 4.79 Å². The van der Waals surface area contributed by atoms with Gasteiger partial charge in [-0.25, -0.2) is 0 Å². The summed E-state index contributed by atoms with van der Waals surface area (Å²) in [5, 5.41) is 0.517. The maximum atomic E-state index is 12.5. The van der Waals surface area contributed by atoms with Crippen LogP contribution in [-0.4, -0.2) is 29.9 Å². The molecular weight excluding hydrogens is 398 g/mol. The van der Waals surface area contributed by atoms with Crippen LogP contribution in [0, 0.1) is 9.49 Å². The summed E-state index contributed by atoms with van der Waals surface area (Å²) in [5.41, 5.74) is 6.28. The van der Waals surface area contributed by atoms with E-state index < -0.39 is 0 Å². The first-order chi connectivity index (χ1) is 8.52. The molecule has 1 heterocycles. The average molecular weight is 415 g/mol. The molecule has 19 heavy (non-hydrogen) atoms. The number of nitrogens with zero attached hydrogens (tertiary/aromatic N) is 1. The predicted octanol–water partition coefficient (Wildman–Crippen LogP) is 3.18. The lowest BCUT2D eigenvalue weighted by Crippen LogP contribution is -2.34. The second-order valence-electron chi connectivity index (χ2n) is 4.77. The summed E-state index contributed by atoms with van der Waals surface area (Å²) >= 11 is 8.30. The smallest absolute Gasteiger partial charge is 0.255 e. The van der Waals surface area contributed by atoms with Crippen LogP contribution >= 0.6 is 46.6 Å². The molecule has 2 N–H and O–H groups in total. The largest absolute Gasteiger partial charge is 0.336 e. The number of rotatable bonds is 2. The number of hydrogen-bond donors (Lipinski definition) is 1. The van der Waals surface area contributed by atoms with E-state index in [0.717, 1.165) is 16.5 Å². The molecule has 106 valence electrons. The van der Waals surface area contributed by atoms with Gasteiger partial charge in [-0.3, -0.25) is 4.79 Å². The molecule has 0 aromatic heterocycles. The van der Waals surface area contributed by atoms with Crippen LogP contribution in [0.2, 0.25) is 5.02 Å². The van der Waals surface area contributed by atoms with Crippen molar-refractivity contribution >= 4 is 52.5 Å². The quantitative estimate of drug-likeness (QED) is 0.755. The predicted molar refractivity (Wildman–Crippen MR) is 89.1 cm³/mol. The molecule has 1 aromatic rings. The first-order valence-corrected chi connectivity index (χ1v) is 7.44. The van der Waals surface area contributed by atoms with Crippen LogP contribution in [0.25, 0.3) is 0 Å². The zero-order chi connectivity index (χ0) is 13.3. The van der Waals surface area contributed by atoms with E-state index in [0.29, 0.717) is 23.0 Å². The van der Waals surface area contributed by atoms with E-state index in [2.05, 4.69) is 29.5 Å². The van der Waals surface area contributed by atoms with Crippen molar-refractivity contribution in [2.24, 2.45) is 11.7 Å². The summed E-state index contributed by atoms with van der Waals surface area (Å²) in [5.74, 6) is 0.424. The van der Waals surface area contributed by atoms with Gasteiger partial charge in [-0.05, 0) is 66.6 Å². The fraction of sp³-hybridized carbons (Fsp3) is 0.462. The van der Waals surface area contributed by atoms with Crippen molar-refractivity contribution in [3.05, 3.63) is 32.4 Å². The van der Waals surface area contributed by atoms with Gasteiger partial charge in [0, 0.05) is 16.2 Å². The Morgan fingerprint density at radius 3 is 2.84 bits per heavy atom. The standard InChI is InChI=1S/C13H16ClIN2O.ClH/c1-8-4-9(6-16)7-17(8)13(18)11-5-10(15)2-3-12(11)14;/h2-3,5,8-9H,4,6-7,16H2,1H3;1H. The number of halogens is 3. The van der Waals surface area contributed by atoms with E-state index in [1.165, 1.54) is 0 Å². The van der Waals surface area contributed by atoms with Crippen LogP contribution in [0.5, 0.6) is 0 Å². The van der Waals surface area contributed by atoms with Gasteiger partial charge in [-0.15, -0.1) is 12.4 Å². The van der Waals surface area contributed by atoms with Crippen LogP contribution in [0.1, 0.15) is 23.7 Å². The number of carbonyl (C=O) groups is 1. The number of carbonyl (C=O) groups excluding carboxylic acids is 1. The second kappa shape index (κ2) is 7.11. The first kappa shape index (κ1) is 17.0. The minimum atomic E-state index is 0. The van der Waals surface area contributed by atoms with Gasteiger partial charge in [-0.2, -0.15) is 0 Å². The molecule has 1 aliphatic rings. The summed E-state index contributed by atoms with van der Waals surface area (Å²) in [6.07, 6.45) is 0.976. The zero-order valence-electron chi connectivity index (χ0n) is 10.6. The van der Waals surface area contributed by atoms with Crippen molar-refractivity contribution in [3.63, 3.8) is 0 Å². The molecule has 0 radical (unpaired) electrons. The highest BCUT2D eigenvalue weighted by Crippen LogP contribution is 2.27. The van der Waals surface area contributed by atoms with E-state index in [4.69, 9.17) is 17.3 Å². The Hall–Kier alpha value is -0.0400. The fourth-order valence-electron chi connectivity index (χ4n) is 2.41. The summed E-state index contributed by atoms with van der Waals surface area (Å²) in [4.78, 5) is 14.4. The molecule has 0 saturated carbocycles. The van der Waals surface area contributed by atoms with Gasteiger partial charge in [-0.1, -0.05) is 11.6 Å². The number of benzene rings is 1. The minimum Gasteiger partial charge on any atom is -0.336 e. The summed E-state index contributed by atoms with van der Waals surface area (Å²) in [6.45, 7) is 3.43. The molecule has 1 saturated heterocycles. The molecule has 0 aliphatic carbocycles. The Morgan fingerprint density at radius 2 is 2.26 bits per heavy atom. The number of amides is 1. The molecule has 6 heteroatoms. The third kappa shape index (κ3) is 3.74. The Labute approximate surface area is 138 Å². The third-order valence-corrected chi connectivity index (χ3v) is 4.41. The second-order valence-corrected chi connectivity index (χ2v) is 6.42. The van der Waals surface area contributed by atoms with E-state index in [9.17, 15) is 4.79 Å². The van der Waals surface area contributed by atoms with E-state index in [1.807, 2.05) is 17.0 Å². The molecule has 2 atom stereocenters. The summed E-state index contributed by atoms with van der Waals surface area (Å²) < 4.78 is 1.02. The topological polar surface area (TPSA) is 46.3 Å². The highest BCUT2D eigenvalue weighted by atomic mass is 127. The van der Waals surface area contributed by atoms with E-state index in [1.54, 1.807) is 6.07 Å². The van der Waals surface area contributed by atoms with Gasteiger partial charge >= 0.3 is 0 Å². The van der Waals surface area contributed by atoms with Crippen LogP contribution in [0.3, 0.4) is 0 Å². The molecule has 1 fully saturated rings. The SMILES string of the molecule is CC1CC(CN)CN1C(=O)c1cc(I)ccc1Cl.Cl. The lowest BCUT2D eigenvalue weighted by atomic mass is 10.1. The molecule has 1 amide bonds. The van der Waals surface area contributed by atoms with Gasteiger partial charge in [0.25, 0.3) is 5.91 Å². The number of hydrogen-bond acceptors (Lipinski definition) is 2. The maximum Gasteiger partial charge on any atom is 0.255 e. The Kier molecular flexibility index (Phi) is 6.36. The van der Waals surface area contributed by atoms with Gasteiger partial charge in [0.15, 0.2) is 0 Å². The number of likely N-dealkylation sites (tertiary alicyclic amines) is 1. The van der Waals surface area contributed by atoms with E-state index in [-0.39, 0.29) is 24.4 Å². The molecule has 0 bridgehead atoms. The van der Waals surface area contributed by atoms with Crippen LogP contribution in [-0.2, 0) is 0 Å². The fourth-order valence-corrected chi connectivity index (χ4v) is 3.10. The highest BCUT2D eigenvalue weighted by molar-refractivity contribution is 14.1. The zero-order valence-corrected chi connectivity index (χ0v) is 14.3. The first-order valence-electron chi connectivity index (χ1n) is 5.99. The lowest BCUT2D eigenvalue weighted by molar-refractivity contribution is 0.0743. The molecule has 2 rings (SSSR count). The molecular formula is C13H17Cl2IN2O. The molecule has 3 nitrogen and oxygen atoms in total. The highest BCUT2D eigenvalue weighted by Gasteiger charge is 2.32. The van der Waals surface area contributed by atoms with Gasteiger partial charge in [0.2, 0.25) is 0 Å². The molecule has 0 spiro atoms. The van der Waals surface area contributed by atoms with Gasteiger partial charge in [0.1, 0.15) is 0 Å². The molecule has 1 aromatic carbocycles. The monoisotopic (exact) mass is 414 g/mol. The summed E-state index contributed by atoms with van der Waals surface area (Å²) in [6, 6.07) is 5.75. The normalized spacial score (nSPS) is 22.2. The van der Waals surface area contributed by atoms with Crippen LogP contribution in [0.4, 0.5) is 0 Å². The van der Waals surface area contributed by atoms with Crippen LogP contribution < -0.4 is 5.73 Å². The molecule has 1 aliphatic heterocycles. The average Bonchev–Trinajstić information content (AvgIpc) is 2.73. The minimum absolute atomic E-state index is 0. The van der Waals surface area contributed by atoms with Crippen molar-refractivity contribution in [3.8, 4) is 0 Å². The van der Waals surface area contributed by atoms with E-state index >= 15 is 0 Å². The van der Waals surface area contributed by atoms with Gasteiger partial charge in [0.05, 0.1) is 10.6 Å². The van der Waals surface area contributed by atoms with Crippen LogP contribution in [0.15, 0.2) is 18.2 Å². The molecule has 2 unspecified atom stereocenters. The van der Waals surface area contributed by atoms with Gasteiger partial charge < -0.3 is 10.6 Å². The lowest BCUT2D eigenvalue weighted by Gasteiger charge is -2.22. The van der Waals surface area contributed by atoms with Crippen molar-refractivity contribution in [2.45, 2.75) is 19.4 Å². The maximum absolute atomic E-state index is 12.5. The van der Waals surface area contributed by atoms with Crippen molar-refractivity contribution in [1.82, 2.24) is 4.90 Å². The third-order valence-electron chi connectivity index (χ3n) is 3.41. The Balaban J connectivity index is 0.00000180. The Bertz CT molecular complexity index is 470. The Morgan fingerprint density at radius 1 is 1.58 bits per heavy atom.